The molecular weight excluding hydrogens is 423 g/mol. The first-order valence-electron chi connectivity index (χ1n) is 6.00. The zero-order chi connectivity index (χ0) is 15.4. The van der Waals surface area contributed by atoms with Crippen molar-refractivity contribution < 1.29 is 14.3 Å². The van der Waals surface area contributed by atoms with Crippen LogP contribution in [-0.2, 0) is 4.79 Å². The van der Waals surface area contributed by atoms with Gasteiger partial charge in [-0.05, 0) is 48.9 Å². The minimum Gasteiger partial charge on any atom is -0.482 e. The van der Waals surface area contributed by atoms with E-state index in [0.717, 1.165) is 14.5 Å². The maximum atomic E-state index is 11.8. The topological polar surface area (TPSA) is 35.5 Å². The Morgan fingerprint density at radius 2 is 1.71 bits per heavy atom. The molecule has 21 heavy (non-hydrogen) atoms. The number of hydrogen-bond donors (Lipinski definition) is 0. The van der Waals surface area contributed by atoms with Gasteiger partial charge in [-0.1, -0.05) is 43.5 Å². The zero-order valence-corrected chi connectivity index (χ0v) is 15.0. The van der Waals surface area contributed by atoms with Crippen LogP contribution in [0.1, 0.15) is 5.56 Å². The largest absolute Gasteiger partial charge is 0.482 e. The van der Waals surface area contributed by atoms with Crippen LogP contribution in [0.2, 0.25) is 5.02 Å². The molecule has 0 saturated carbocycles. The smallest absolute Gasteiger partial charge is 0.349 e. The van der Waals surface area contributed by atoms with E-state index in [9.17, 15) is 4.79 Å². The lowest BCUT2D eigenvalue weighted by Crippen LogP contribution is -2.18. The van der Waals surface area contributed by atoms with Crippen molar-refractivity contribution in [1.29, 1.82) is 0 Å². The highest BCUT2D eigenvalue weighted by atomic mass is 79.9. The van der Waals surface area contributed by atoms with Crippen LogP contribution in [0.25, 0.3) is 0 Å². The van der Waals surface area contributed by atoms with E-state index in [0.29, 0.717) is 16.5 Å². The highest BCUT2D eigenvalue weighted by Gasteiger charge is 2.10. The number of hydrogen-bond acceptors (Lipinski definition) is 3. The van der Waals surface area contributed by atoms with Gasteiger partial charge in [-0.2, -0.15) is 0 Å². The normalized spacial score (nSPS) is 10.3. The van der Waals surface area contributed by atoms with Crippen molar-refractivity contribution in [3.8, 4) is 11.5 Å². The summed E-state index contributed by atoms with van der Waals surface area (Å²) in [5, 5.41) is 0.359. The van der Waals surface area contributed by atoms with Gasteiger partial charge in [-0.25, -0.2) is 4.79 Å². The molecular formula is C15H11Br2ClO3. The van der Waals surface area contributed by atoms with Crippen molar-refractivity contribution in [2.24, 2.45) is 0 Å². The van der Waals surface area contributed by atoms with Crippen LogP contribution < -0.4 is 9.47 Å². The van der Waals surface area contributed by atoms with Crippen molar-refractivity contribution in [2.45, 2.75) is 6.92 Å². The van der Waals surface area contributed by atoms with E-state index in [2.05, 4.69) is 31.9 Å². The number of halogens is 3. The molecule has 0 aliphatic rings. The monoisotopic (exact) mass is 432 g/mol. The average Bonchev–Trinajstić information content (AvgIpc) is 2.41. The Morgan fingerprint density at radius 1 is 1.10 bits per heavy atom. The number of aryl methyl sites for hydroxylation is 1. The number of benzene rings is 2. The molecule has 0 heterocycles. The van der Waals surface area contributed by atoms with Crippen molar-refractivity contribution in [1.82, 2.24) is 0 Å². The van der Waals surface area contributed by atoms with Gasteiger partial charge in [0.1, 0.15) is 11.5 Å². The molecule has 6 heteroatoms. The number of carbonyl (C=O) groups is 1. The number of ether oxygens (including phenoxy) is 2. The lowest BCUT2D eigenvalue weighted by atomic mass is 10.2. The second-order valence-corrected chi connectivity index (χ2v) is 6.49. The maximum absolute atomic E-state index is 11.8. The Kier molecular flexibility index (Phi) is 5.67. The molecule has 0 atom stereocenters. The summed E-state index contributed by atoms with van der Waals surface area (Å²) >= 11 is 12.6. The van der Waals surface area contributed by atoms with E-state index in [1.807, 2.05) is 19.1 Å². The van der Waals surface area contributed by atoms with Crippen molar-refractivity contribution >= 4 is 49.4 Å². The Bertz CT molecular complexity index is 674. The minimum atomic E-state index is -0.512. The fourth-order valence-electron chi connectivity index (χ4n) is 1.62. The number of esters is 1. The molecule has 0 saturated heterocycles. The molecule has 0 aromatic heterocycles. The molecule has 2 aromatic rings. The highest BCUT2D eigenvalue weighted by molar-refractivity contribution is 9.10. The Morgan fingerprint density at radius 3 is 2.33 bits per heavy atom. The molecule has 0 fully saturated rings. The molecule has 0 aliphatic heterocycles. The zero-order valence-electron chi connectivity index (χ0n) is 11.0. The molecule has 0 N–H and O–H groups in total. The van der Waals surface area contributed by atoms with Gasteiger partial charge >= 0.3 is 5.97 Å². The Hall–Kier alpha value is -1.04. The van der Waals surface area contributed by atoms with Crippen LogP contribution in [0.5, 0.6) is 11.5 Å². The molecule has 0 unspecified atom stereocenters. The first-order chi connectivity index (χ1) is 9.95. The first kappa shape index (κ1) is 16.3. The van der Waals surface area contributed by atoms with Crippen LogP contribution in [0.3, 0.4) is 0 Å². The van der Waals surface area contributed by atoms with E-state index >= 15 is 0 Å². The van der Waals surface area contributed by atoms with Gasteiger partial charge in [0.25, 0.3) is 0 Å². The van der Waals surface area contributed by atoms with Gasteiger partial charge < -0.3 is 9.47 Å². The summed E-state index contributed by atoms with van der Waals surface area (Å²) in [6, 6.07) is 10.6. The van der Waals surface area contributed by atoms with Gasteiger partial charge in [0, 0.05) is 8.95 Å². The third-order valence-corrected chi connectivity index (χ3v) is 3.88. The summed E-state index contributed by atoms with van der Waals surface area (Å²) in [7, 11) is 0. The standard InChI is InChI=1S/C15H11Br2ClO3/c1-9-6-10(16)2-4-13(9)20-8-15(19)21-14-5-3-11(17)7-12(14)18/h2-7H,8H2,1H3. The van der Waals surface area contributed by atoms with Crippen LogP contribution in [-0.4, -0.2) is 12.6 Å². The van der Waals surface area contributed by atoms with Crippen molar-refractivity contribution in [3.63, 3.8) is 0 Å². The molecule has 0 aliphatic carbocycles. The first-order valence-corrected chi connectivity index (χ1v) is 7.97. The van der Waals surface area contributed by atoms with Gasteiger partial charge in [-0.3, -0.25) is 0 Å². The van der Waals surface area contributed by atoms with Crippen LogP contribution in [0.15, 0.2) is 45.3 Å². The predicted molar refractivity (Wildman–Crippen MR) is 89.2 cm³/mol. The summed E-state index contributed by atoms with van der Waals surface area (Å²) in [5.41, 5.74) is 0.929. The van der Waals surface area contributed by atoms with Crippen LogP contribution in [0.4, 0.5) is 0 Å². The van der Waals surface area contributed by atoms with E-state index in [-0.39, 0.29) is 6.61 Å². The quantitative estimate of drug-likeness (QED) is 0.493. The third-order valence-electron chi connectivity index (χ3n) is 2.60. The van der Waals surface area contributed by atoms with E-state index in [4.69, 9.17) is 21.1 Å². The molecule has 110 valence electrons. The fourth-order valence-corrected chi connectivity index (χ4v) is 2.81. The Labute approximate surface area is 144 Å². The highest BCUT2D eigenvalue weighted by Crippen LogP contribution is 2.28. The molecule has 3 nitrogen and oxygen atoms in total. The lowest BCUT2D eigenvalue weighted by molar-refractivity contribution is -0.136. The summed E-state index contributed by atoms with van der Waals surface area (Å²) < 4.78 is 12.4. The Balaban J connectivity index is 1.96. The predicted octanol–water partition coefficient (Wildman–Crippen LogP) is 5.16. The van der Waals surface area contributed by atoms with E-state index in [1.54, 1.807) is 24.3 Å². The fraction of sp³-hybridized carbons (Fsp3) is 0.133. The lowest BCUT2D eigenvalue weighted by Gasteiger charge is -2.10. The molecule has 0 amide bonds. The third kappa shape index (κ3) is 4.73. The second-order valence-electron chi connectivity index (χ2n) is 4.25. The average molecular weight is 435 g/mol. The van der Waals surface area contributed by atoms with E-state index < -0.39 is 5.97 Å². The number of carbonyl (C=O) groups excluding carboxylic acids is 1. The second kappa shape index (κ2) is 7.29. The molecule has 0 radical (unpaired) electrons. The van der Waals surface area contributed by atoms with Crippen LogP contribution in [0, 0.1) is 6.92 Å². The summed E-state index contributed by atoms with van der Waals surface area (Å²) in [6.07, 6.45) is 0. The SMILES string of the molecule is Cc1cc(Br)ccc1OCC(=O)Oc1ccc(Br)cc1Cl. The number of rotatable bonds is 4. The summed E-state index contributed by atoms with van der Waals surface area (Å²) in [6.45, 7) is 1.71. The molecule has 0 bridgehead atoms. The van der Waals surface area contributed by atoms with Crippen molar-refractivity contribution in [2.75, 3.05) is 6.61 Å². The van der Waals surface area contributed by atoms with Gasteiger partial charge in [0.2, 0.25) is 0 Å². The van der Waals surface area contributed by atoms with Gasteiger partial charge in [0.05, 0.1) is 5.02 Å². The maximum Gasteiger partial charge on any atom is 0.349 e. The van der Waals surface area contributed by atoms with Gasteiger partial charge in [-0.15, -0.1) is 0 Å². The summed E-state index contributed by atoms with van der Waals surface area (Å²) in [5.74, 6) is 0.430. The summed E-state index contributed by atoms with van der Waals surface area (Å²) in [4.78, 5) is 11.8. The van der Waals surface area contributed by atoms with Crippen LogP contribution >= 0.6 is 43.5 Å². The van der Waals surface area contributed by atoms with E-state index in [1.165, 1.54) is 0 Å². The molecule has 0 spiro atoms. The minimum absolute atomic E-state index is 0.186. The van der Waals surface area contributed by atoms with Gasteiger partial charge in [0.15, 0.2) is 6.61 Å². The van der Waals surface area contributed by atoms with Crippen molar-refractivity contribution in [3.05, 3.63) is 55.9 Å². The molecule has 2 aromatic carbocycles. The molecule has 2 rings (SSSR count).